The average molecular weight is 298 g/mol. The molecule has 1 atom stereocenters. The van der Waals surface area contributed by atoms with Crippen LogP contribution >= 0.6 is 12.6 Å². The van der Waals surface area contributed by atoms with E-state index in [1.165, 1.54) is 5.56 Å². The lowest BCUT2D eigenvalue weighted by Gasteiger charge is -2.27. The van der Waals surface area contributed by atoms with Crippen LogP contribution in [0.3, 0.4) is 0 Å². The number of hydrogen-bond acceptors (Lipinski definition) is 1. The molecule has 0 aliphatic heterocycles. The summed E-state index contributed by atoms with van der Waals surface area (Å²) in [7, 11) is 0. The van der Waals surface area contributed by atoms with Gasteiger partial charge in [0.1, 0.15) is 0 Å². The van der Waals surface area contributed by atoms with Gasteiger partial charge in [0, 0.05) is 0 Å². The van der Waals surface area contributed by atoms with E-state index in [0.29, 0.717) is 5.92 Å². The topological polar surface area (TPSA) is 17.1 Å². The molecule has 0 bridgehead atoms. The second kappa shape index (κ2) is 6.48. The molecule has 0 amide bonds. The SMILES string of the molecule is CC(C)Cc1ccc(C(C)(C(=O)S)c2ccccc2)cc1. The molecular weight excluding hydrogens is 276 g/mol. The molecule has 0 saturated heterocycles. The summed E-state index contributed by atoms with van der Waals surface area (Å²) in [4.78, 5) is 12.2. The van der Waals surface area contributed by atoms with Crippen LogP contribution in [0, 0.1) is 5.92 Å². The zero-order valence-corrected chi connectivity index (χ0v) is 13.7. The van der Waals surface area contributed by atoms with Gasteiger partial charge in [0.2, 0.25) is 5.12 Å². The number of rotatable bonds is 5. The average Bonchev–Trinajstić information content (AvgIpc) is 2.47. The fourth-order valence-electron chi connectivity index (χ4n) is 2.63. The molecule has 0 N–H and O–H groups in total. The Morgan fingerprint density at radius 2 is 1.52 bits per heavy atom. The van der Waals surface area contributed by atoms with Crippen LogP contribution in [-0.2, 0) is 16.6 Å². The number of hydrogen-bond donors (Lipinski definition) is 1. The van der Waals surface area contributed by atoms with Crippen LogP contribution in [0.2, 0.25) is 0 Å². The predicted molar refractivity (Wildman–Crippen MR) is 91.9 cm³/mol. The minimum Gasteiger partial charge on any atom is -0.286 e. The molecule has 2 aromatic carbocycles. The Bertz CT molecular complexity index is 601. The van der Waals surface area contributed by atoms with Crippen molar-refractivity contribution in [2.45, 2.75) is 32.6 Å². The summed E-state index contributed by atoms with van der Waals surface area (Å²) in [6, 6.07) is 18.2. The Hall–Kier alpha value is -1.54. The minimum absolute atomic E-state index is 0.134. The van der Waals surface area contributed by atoms with Crippen molar-refractivity contribution in [1.82, 2.24) is 0 Å². The third-order valence-corrected chi connectivity index (χ3v) is 4.40. The van der Waals surface area contributed by atoms with Crippen molar-refractivity contribution < 1.29 is 4.79 Å². The number of carbonyl (C=O) groups excluding carboxylic acids is 1. The zero-order valence-electron chi connectivity index (χ0n) is 12.8. The van der Waals surface area contributed by atoms with Crippen molar-refractivity contribution in [3.63, 3.8) is 0 Å². The number of carbonyl (C=O) groups is 1. The normalized spacial score (nSPS) is 14.0. The standard InChI is InChI=1S/C19H22OS/c1-14(2)13-15-9-11-17(12-10-15)19(3,18(20)21)16-7-5-4-6-8-16/h4-12,14H,13H2,1-3H3,(H,20,21). The van der Waals surface area contributed by atoms with E-state index in [-0.39, 0.29) is 5.12 Å². The Labute approximate surface area is 132 Å². The maximum absolute atomic E-state index is 12.2. The molecule has 21 heavy (non-hydrogen) atoms. The lowest BCUT2D eigenvalue weighted by Crippen LogP contribution is -2.30. The molecule has 110 valence electrons. The molecule has 0 spiro atoms. The van der Waals surface area contributed by atoms with E-state index in [0.717, 1.165) is 17.5 Å². The molecule has 2 rings (SSSR count). The van der Waals surface area contributed by atoms with Crippen LogP contribution in [-0.4, -0.2) is 5.12 Å². The molecule has 0 aliphatic rings. The summed E-state index contributed by atoms with van der Waals surface area (Å²) in [6.07, 6.45) is 1.05. The van der Waals surface area contributed by atoms with E-state index in [1.807, 2.05) is 37.3 Å². The van der Waals surface area contributed by atoms with Gasteiger partial charge in [0.15, 0.2) is 0 Å². The van der Waals surface area contributed by atoms with Gasteiger partial charge in [-0.1, -0.05) is 68.4 Å². The van der Waals surface area contributed by atoms with Crippen LogP contribution in [0.15, 0.2) is 54.6 Å². The maximum Gasteiger partial charge on any atom is 0.200 e. The van der Waals surface area contributed by atoms with Crippen molar-refractivity contribution in [2.24, 2.45) is 5.92 Å². The van der Waals surface area contributed by atoms with Crippen molar-refractivity contribution in [1.29, 1.82) is 0 Å². The highest BCUT2D eigenvalue weighted by Crippen LogP contribution is 2.34. The summed E-state index contributed by atoms with van der Waals surface area (Å²) in [6.45, 7) is 6.35. The Kier molecular flexibility index (Phi) is 4.89. The Morgan fingerprint density at radius 3 is 2.00 bits per heavy atom. The molecule has 1 unspecified atom stereocenters. The number of benzene rings is 2. The quantitative estimate of drug-likeness (QED) is 0.795. The molecular formula is C19H22OS. The highest BCUT2D eigenvalue weighted by atomic mass is 32.1. The first-order valence-corrected chi connectivity index (χ1v) is 7.77. The molecule has 2 aromatic rings. The van der Waals surface area contributed by atoms with Gasteiger partial charge in [-0.3, -0.25) is 4.79 Å². The fraction of sp³-hybridized carbons (Fsp3) is 0.316. The van der Waals surface area contributed by atoms with Gasteiger partial charge in [0.05, 0.1) is 5.41 Å². The fourth-order valence-corrected chi connectivity index (χ4v) is 2.89. The van der Waals surface area contributed by atoms with E-state index >= 15 is 0 Å². The van der Waals surface area contributed by atoms with Gasteiger partial charge < -0.3 is 0 Å². The van der Waals surface area contributed by atoms with Crippen LogP contribution in [0.25, 0.3) is 0 Å². The lowest BCUT2D eigenvalue weighted by molar-refractivity contribution is -0.114. The second-order valence-electron chi connectivity index (χ2n) is 6.09. The highest BCUT2D eigenvalue weighted by Gasteiger charge is 2.34. The number of thiol groups is 1. The maximum atomic E-state index is 12.2. The lowest BCUT2D eigenvalue weighted by atomic mass is 9.77. The van der Waals surface area contributed by atoms with Crippen molar-refractivity contribution >= 4 is 17.7 Å². The van der Waals surface area contributed by atoms with E-state index in [4.69, 9.17) is 0 Å². The summed E-state index contributed by atoms with van der Waals surface area (Å²) in [5, 5.41) is -0.134. The van der Waals surface area contributed by atoms with Crippen LogP contribution in [0.1, 0.15) is 37.5 Å². The molecule has 0 radical (unpaired) electrons. The van der Waals surface area contributed by atoms with E-state index < -0.39 is 5.41 Å². The van der Waals surface area contributed by atoms with E-state index in [9.17, 15) is 4.79 Å². The van der Waals surface area contributed by atoms with Gasteiger partial charge in [-0.05, 0) is 36.0 Å². The smallest absolute Gasteiger partial charge is 0.200 e. The summed E-state index contributed by atoms with van der Waals surface area (Å²) >= 11 is 4.14. The highest BCUT2D eigenvalue weighted by molar-refractivity contribution is 7.96. The monoisotopic (exact) mass is 298 g/mol. The van der Waals surface area contributed by atoms with E-state index in [1.54, 1.807) is 0 Å². The first-order valence-electron chi connectivity index (χ1n) is 7.33. The van der Waals surface area contributed by atoms with Gasteiger partial charge in [-0.2, -0.15) is 0 Å². The minimum atomic E-state index is -0.708. The van der Waals surface area contributed by atoms with Crippen LogP contribution in [0.5, 0.6) is 0 Å². The Morgan fingerprint density at radius 1 is 1.00 bits per heavy atom. The van der Waals surface area contributed by atoms with Crippen molar-refractivity contribution in [2.75, 3.05) is 0 Å². The third-order valence-electron chi connectivity index (χ3n) is 3.95. The molecule has 2 heteroatoms. The van der Waals surface area contributed by atoms with Crippen molar-refractivity contribution in [3.05, 3.63) is 71.3 Å². The first kappa shape index (κ1) is 15.8. The molecule has 0 saturated carbocycles. The predicted octanol–water partition coefficient (Wildman–Crippen LogP) is 4.65. The van der Waals surface area contributed by atoms with Gasteiger partial charge >= 0.3 is 0 Å². The first-order chi connectivity index (χ1) is 9.94. The molecule has 0 fully saturated rings. The zero-order chi connectivity index (χ0) is 15.5. The summed E-state index contributed by atoms with van der Waals surface area (Å²) in [5.41, 5.74) is 2.55. The second-order valence-corrected chi connectivity index (χ2v) is 6.50. The van der Waals surface area contributed by atoms with Crippen LogP contribution < -0.4 is 0 Å². The van der Waals surface area contributed by atoms with Gasteiger partial charge in [0.25, 0.3) is 0 Å². The molecule has 0 heterocycles. The Balaban J connectivity index is 2.42. The summed E-state index contributed by atoms with van der Waals surface area (Å²) < 4.78 is 0. The van der Waals surface area contributed by atoms with E-state index in [2.05, 4.69) is 50.7 Å². The van der Waals surface area contributed by atoms with Gasteiger partial charge in [-0.15, -0.1) is 12.6 Å². The third kappa shape index (κ3) is 3.38. The largest absolute Gasteiger partial charge is 0.286 e. The summed E-state index contributed by atoms with van der Waals surface area (Å²) in [5.74, 6) is 0.628. The van der Waals surface area contributed by atoms with Gasteiger partial charge in [-0.25, -0.2) is 0 Å². The molecule has 0 aromatic heterocycles. The molecule has 0 aliphatic carbocycles. The van der Waals surface area contributed by atoms with Crippen LogP contribution in [0.4, 0.5) is 0 Å². The molecule has 1 nitrogen and oxygen atoms in total. The van der Waals surface area contributed by atoms with Crippen molar-refractivity contribution in [3.8, 4) is 0 Å².